The van der Waals surface area contributed by atoms with E-state index in [2.05, 4.69) is 35.3 Å². The van der Waals surface area contributed by atoms with Crippen LogP contribution < -0.4 is 5.32 Å². The minimum Gasteiger partial charge on any atom is -0.305 e. The third-order valence-corrected chi connectivity index (χ3v) is 5.52. The van der Waals surface area contributed by atoms with Crippen LogP contribution in [0.25, 0.3) is 0 Å². The minimum absolute atomic E-state index is 0.260. The summed E-state index contributed by atoms with van der Waals surface area (Å²) in [7, 11) is 6.42. The molecule has 3 unspecified atom stereocenters. The van der Waals surface area contributed by atoms with Crippen LogP contribution in [0, 0.1) is 17.2 Å². The van der Waals surface area contributed by atoms with E-state index in [0.717, 1.165) is 19.4 Å². The molecule has 1 saturated heterocycles. The van der Waals surface area contributed by atoms with Gasteiger partial charge in [-0.3, -0.25) is 0 Å². The molecular weight excluding hydrogens is 248 g/mol. The zero-order valence-electron chi connectivity index (χ0n) is 13.4. The first-order chi connectivity index (χ1) is 9.61. The first-order valence-corrected chi connectivity index (χ1v) is 8.10. The van der Waals surface area contributed by atoms with Gasteiger partial charge in [0, 0.05) is 12.6 Å². The van der Waals surface area contributed by atoms with Crippen LogP contribution in [0.3, 0.4) is 0 Å². The maximum atomic E-state index is 9.50. The number of hydrogen-bond acceptors (Lipinski definition) is 4. The molecule has 114 valence electrons. The second-order valence-corrected chi connectivity index (χ2v) is 6.75. The first kappa shape index (κ1) is 15.8. The van der Waals surface area contributed by atoms with Crippen LogP contribution >= 0.6 is 0 Å². The number of rotatable bonds is 5. The Morgan fingerprint density at radius 3 is 2.85 bits per heavy atom. The molecule has 2 aliphatic rings. The Bertz CT molecular complexity index is 351. The molecule has 2 rings (SSSR count). The fraction of sp³-hybridized carbons (Fsp3) is 0.938. The highest BCUT2D eigenvalue weighted by Crippen LogP contribution is 2.37. The van der Waals surface area contributed by atoms with Gasteiger partial charge in [0.2, 0.25) is 0 Å². The lowest BCUT2D eigenvalue weighted by Crippen LogP contribution is -2.48. The quantitative estimate of drug-likeness (QED) is 0.831. The average molecular weight is 278 g/mol. The van der Waals surface area contributed by atoms with E-state index in [4.69, 9.17) is 0 Å². The lowest BCUT2D eigenvalue weighted by molar-refractivity contribution is 0.125. The summed E-state index contributed by atoms with van der Waals surface area (Å²) in [6, 6.07) is 3.25. The normalized spacial score (nSPS) is 35.4. The molecule has 0 spiro atoms. The highest BCUT2D eigenvalue weighted by molar-refractivity contribution is 5.13. The SMILES string of the molecule is CNC1(C#N)CCCC1CCN(C)C1CCCN(C)C1. The molecule has 0 radical (unpaired) electrons. The lowest BCUT2D eigenvalue weighted by Gasteiger charge is -2.37. The lowest BCUT2D eigenvalue weighted by atomic mass is 9.86. The molecule has 0 aromatic rings. The fourth-order valence-corrected chi connectivity index (χ4v) is 4.04. The van der Waals surface area contributed by atoms with Crippen molar-refractivity contribution < 1.29 is 0 Å². The summed E-state index contributed by atoms with van der Waals surface area (Å²) in [6.45, 7) is 3.55. The number of likely N-dealkylation sites (N-methyl/N-ethyl adjacent to an activating group) is 2. The van der Waals surface area contributed by atoms with Gasteiger partial charge in [-0.05, 0) is 72.3 Å². The zero-order valence-corrected chi connectivity index (χ0v) is 13.4. The number of nitrogens with zero attached hydrogens (tertiary/aromatic N) is 3. The summed E-state index contributed by atoms with van der Waals surface area (Å²) in [6.07, 6.45) is 7.18. The summed E-state index contributed by atoms with van der Waals surface area (Å²) >= 11 is 0. The molecule has 3 atom stereocenters. The second-order valence-electron chi connectivity index (χ2n) is 6.75. The van der Waals surface area contributed by atoms with Crippen LogP contribution in [0.2, 0.25) is 0 Å². The maximum absolute atomic E-state index is 9.50. The Kier molecular flexibility index (Phi) is 5.42. The van der Waals surface area contributed by atoms with Crippen molar-refractivity contribution in [3.05, 3.63) is 0 Å². The summed E-state index contributed by atoms with van der Waals surface area (Å²) in [5.41, 5.74) is -0.260. The molecule has 4 heteroatoms. The van der Waals surface area contributed by atoms with Gasteiger partial charge in [0.15, 0.2) is 0 Å². The van der Waals surface area contributed by atoms with E-state index in [1.54, 1.807) is 0 Å². The van der Waals surface area contributed by atoms with Gasteiger partial charge in [0.1, 0.15) is 5.54 Å². The van der Waals surface area contributed by atoms with Gasteiger partial charge in [-0.25, -0.2) is 0 Å². The molecular formula is C16H30N4. The predicted octanol–water partition coefficient (Wildman–Crippen LogP) is 1.68. The molecule has 0 amide bonds. The smallest absolute Gasteiger partial charge is 0.109 e. The maximum Gasteiger partial charge on any atom is 0.109 e. The van der Waals surface area contributed by atoms with E-state index < -0.39 is 0 Å². The van der Waals surface area contributed by atoms with Gasteiger partial charge in [-0.2, -0.15) is 5.26 Å². The van der Waals surface area contributed by atoms with Gasteiger partial charge in [-0.15, -0.1) is 0 Å². The van der Waals surface area contributed by atoms with Gasteiger partial charge in [-0.1, -0.05) is 6.42 Å². The molecule has 0 bridgehead atoms. The monoisotopic (exact) mass is 278 g/mol. The minimum atomic E-state index is -0.260. The molecule has 2 fully saturated rings. The van der Waals surface area contributed by atoms with E-state index in [-0.39, 0.29) is 5.54 Å². The summed E-state index contributed by atoms with van der Waals surface area (Å²) in [5, 5.41) is 12.8. The van der Waals surface area contributed by atoms with Crippen LogP contribution in [0.4, 0.5) is 0 Å². The summed E-state index contributed by atoms with van der Waals surface area (Å²) < 4.78 is 0. The number of piperidine rings is 1. The van der Waals surface area contributed by atoms with Gasteiger partial charge >= 0.3 is 0 Å². The van der Waals surface area contributed by atoms with Crippen LogP contribution in [-0.2, 0) is 0 Å². The van der Waals surface area contributed by atoms with Crippen molar-refractivity contribution in [1.82, 2.24) is 15.1 Å². The van der Waals surface area contributed by atoms with Crippen LogP contribution in [-0.4, -0.2) is 62.2 Å². The second kappa shape index (κ2) is 6.89. The Balaban J connectivity index is 1.84. The van der Waals surface area contributed by atoms with Crippen molar-refractivity contribution in [3.63, 3.8) is 0 Å². The van der Waals surface area contributed by atoms with E-state index in [9.17, 15) is 5.26 Å². The summed E-state index contributed by atoms with van der Waals surface area (Å²) in [4.78, 5) is 4.96. The average Bonchev–Trinajstić information content (AvgIpc) is 2.88. The largest absolute Gasteiger partial charge is 0.305 e. The standard InChI is InChI=1S/C16H30N4/c1-18-16(13-17)9-4-6-14(16)8-11-20(3)15-7-5-10-19(2)12-15/h14-15,18H,4-12H2,1-3H3. The van der Waals surface area contributed by atoms with E-state index >= 15 is 0 Å². The van der Waals surface area contributed by atoms with Crippen molar-refractivity contribution in [2.75, 3.05) is 40.8 Å². The molecule has 20 heavy (non-hydrogen) atoms. The Hall–Kier alpha value is -0.630. The van der Waals surface area contributed by atoms with Crippen LogP contribution in [0.5, 0.6) is 0 Å². The number of nitriles is 1. The molecule has 1 heterocycles. The van der Waals surface area contributed by atoms with Crippen molar-refractivity contribution in [3.8, 4) is 6.07 Å². The fourth-order valence-electron chi connectivity index (χ4n) is 4.04. The number of nitrogens with one attached hydrogen (secondary N) is 1. The van der Waals surface area contributed by atoms with Crippen molar-refractivity contribution in [1.29, 1.82) is 5.26 Å². The number of hydrogen-bond donors (Lipinski definition) is 1. The van der Waals surface area contributed by atoms with Crippen molar-refractivity contribution >= 4 is 0 Å². The first-order valence-electron chi connectivity index (χ1n) is 8.10. The van der Waals surface area contributed by atoms with Gasteiger partial charge in [0.25, 0.3) is 0 Å². The molecule has 1 saturated carbocycles. The predicted molar refractivity (Wildman–Crippen MR) is 82.5 cm³/mol. The van der Waals surface area contributed by atoms with E-state index in [0.29, 0.717) is 12.0 Å². The third kappa shape index (κ3) is 3.33. The molecule has 1 aliphatic carbocycles. The highest BCUT2D eigenvalue weighted by Gasteiger charge is 2.41. The Morgan fingerprint density at radius 2 is 2.20 bits per heavy atom. The molecule has 1 N–H and O–H groups in total. The van der Waals surface area contributed by atoms with Crippen molar-refractivity contribution in [2.45, 2.75) is 50.1 Å². The van der Waals surface area contributed by atoms with Gasteiger partial charge < -0.3 is 15.1 Å². The number of likely N-dealkylation sites (tertiary alicyclic amines) is 1. The molecule has 1 aliphatic heterocycles. The van der Waals surface area contributed by atoms with E-state index in [1.165, 1.54) is 38.8 Å². The molecule has 0 aromatic carbocycles. The molecule has 0 aromatic heterocycles. The Morgan fingerprint density at radius 1 is 1.40 bits per heavy atom. The topological polar surface area (TPSA) is 42.3 Å². The highest BCUT2D eigenvalue weighted by atomic mass is 15.2. The van der Waals surface area contributed by atoms with E-state index in [1.807, 2.05) is 7.05 Å². The molecule has 4 nitrogen and oxygen atoms in total. The van der Waals surface area contributed by atoms with Gasteiger partial charge in [0.05, 0.1) is 6.07 Å². The van der Waals surface area contributed by atoms with Crippen LogP contribution in [0.1, 0.15) is 38.5 Å². The zero-order chi connectivity index (χ0) is 14.6. The summed E-state index contributed by atoms with van der Waals surface area (Å²) in [5.74, 6) is 0.515. The van der Waals surface area contributed by atoms with Crippen LogP contribution in [0.15, 0.2) is 0 Å². The van der Waals surface area contributed by atoms with Crippen molar-refractivity contribution in [2.24, 2.45) is 5.92 Å². The Labute approximate surface area is 124 Å². The third-order valence-electron chi connectivity index (χ3n) is 5.52.